The molecule has 0 unspecified atom stereocenters. The van der Waals surface area contributed by atoms with E-state index in [4.69, 9.17) is 0 Å². The molecule has 1 aromatic carbocycles. The smallest absolute Gasteiger partial charge is 0.115 e. The van der Waals surface area contributed by atoms with Gasteiger partial charge in [-0.2, -0.15) is 0 Å². The molecule has 2 nitrogen and oxygen atoms in total. The van der Waals surface area contributed by atoms with Crippen LogP contribution in [0.1, 0.15) is 5.56 Å². The molecule has 0 atom stereocenters. The van der Waals surface area contributed by atoms with Crippen LogP contribution in [0.3, 0.4) is 0 Å². The van der Waals surface area contributed by atoms with Gasteiger partial charge in [-0.15, -0.1) is 11.8 Å². The highest BCUT2D eigenvalue weighted by atomic mass is 79.9. The Bertz CT molecular complexity index is 434. The monoisotopic (exact) mass is 280 g/mol. The van der Waals surface area contributed by atoms with Crippen molar-refractivity contribution in [1.29, 1.82) is 0 Å². The molecule has 4 heteroatoms. The van der Waals surface area contributed by atoms with Gasteiger partial charge in [0.15, 0.2) is 0 Å². The molecule has 2 rings (SSSR count). The van der Waals surface area contributed by atoms with Crippen molar-refractivity contribution in [2.45, 2.75) is 10.8 Å². The van der Waals surface area contributed by atoms with Crippen molar-refractivity contribution in [3.8, 4) is 0 Å². The first-order valence-electron chi connectivity index (χ1n) is 4.48. The molecule has 15 heavy (non-hydrogen) atoms. The predicted octanol–water partition coefficient (Wildman–Crippen LogP) is 3.53. The summed E-state index contributed by atoms with van der Waals surface area (Å²) in [5.74, 6) is 0.903. The Kier molecular flexibility index (Phi) is 3.75. The molecule has 0 saturated carbocycles. The number of thioether (sulfide) groups is 1. The second-order valence-electron chi connectivity index (χ2n) is 2.92. The highest BCUT2D eigenvalue weighted by Crippen LogP contribution is 2.24. The van der Waals surface area contributed by atoms with Gasteiger partial charge in [-0.1, -0.05) is 34.1 Å². The van der Waals surface area contributed by atoms with Gasteiger partial charge < -0.3 is 0 Å². The zero-order chi connectivity index (χ0) is 10.5. The molecule has 0 aliphatic rings. The number of rotatable bonds is 3. The van der Waals surface area contributed by atoms with Crippen molar-refractivity contribution >= 4 is 27.7 Å². The topological polar surface area (TPSA) is 25.8 Å². The van der Waals surface area contributed by atoms with Crippen LogP contribution in [0, 0.1) is 0 Å². The first-order chi connectivity index (χ1) is 7.36. The van der Waals surface area contributed by atoms with E-state index in [1.165, 1.54) is 5.56 Å². The molecule has 0 fully saturated rings. The lowest BCUT2D eigenvalue weighted by Crippen LogP contribution is -1.84. The molecule has 0 N–H and O–H groups in total. The summed E-state index contributed by atoms with van der Waals surface area (Å²) in [7, 11) is 0. The molecular weight excluding hydrogens is 272 g/mol. The Labute approximate surface area is 101 Å². The van der Waals surface area contributed by atoms with E-state index in [1.807, 2.05) is 18.2 Å². The Hall–Kier alpha value is -0.870. The SMILES string of the molecule is Brc1ccccc1CSc1cnccn1. The minimum absolute atomic E-state index is 0.903. The fraction of sp³-hybridized carbons (Fsp3) is 0.0909. The largest absolute Gasteiger partial charge is 0.260 e. The van der Waals surface area contributed by atoms with Crippen LogP contribution in [0.2, 0.25) is 0 Å². The van der Waals surface area contributed by atoms with Gasteiger partial charge in [0.25, 0.3) is 0 Å². The van der Waals surface area contributed by atoms with Crippen LogP contribution in [0.5, 0.6) is 0 Å². The van der Waals surface area contributed by atoms with E-state index in [0.29, 0.717) is 0 Å². The highest BCUT2D eigenvalue weighted by Gasteiger charge is 2.00. The van der Waals surface area contributed by atoms with Crippen molar-refractivity contribution in [2.75, 3.05) is 0 Å². The van der Waals surface area contributed by atoms with Crippen LogP contribution in [-0.4, -0.2) is 9.97 Å². The van der Waals surface area contributed by atoms with Gasteiger partial charge in [0.05, 0.1) is 6.20 Å². The third-order valence-corrected chi connectivity index (χ3v) is 3.61. The van der Waals surface area contributed by atoms with Gasteiger partial charge in [-0.25, -0.2) is 4.98 Å². The number of aromatic nitrogens is 2. The van der Waals surface area contributed by atoms with Crippen molar-refractivity contribution in [3.05, 3.63) is 52.9 Å². The summed E-state index contributed by atoms with van der Waals surface area (Å²) >= 11 is 5.20. The van der Waals surface area contributed by atoms with E-state index in [9.17, 15) is 0 Å². The maximum Gasteiger partial charge on any atom is 0.115 e. The van der Waals surface area contributed by atoms with Gasteiger partial charge in [0.2, 0.25) is 0 Å². The molecule has 0 spiro atoms. The van der Waals surface area contributed by atoms with Crippen molar-refractivity contribution in [2.24, 2.45) is 0 Å². The van der Waals surface area contributed by atoms with Crippen LogP contribution in [0.15, 0.2) is 52.4 Å². The van der Waals surface area contributed by atoms with E-state index in [-0.39, 0.29) is 0 Å². The second-order valence-corrected chi connectivity index (χ2v) is 4.77. The zero-order valence-electron chi connectivity index (χ0n) is 7.93. The number of hydrogen-bond acceptors (Lipinski definition) is 3. The Morgan fingerprint density at radius 1 is 1.20 bits per heavy atom. The fourth-order valence-corrected chi connectivity index (χ4v) is 2.56. The molecule has 0 aliphatic heterocycles. The van der Waals surface area contributed by atoms with E-state index in [0.717, 1.165) is 15.3 Å². The number of halogens is 1. The Balaban J connectivity index is 2.03. The Morgan fingerprint density at radius 2 is 2.07 bits per heavy atom. The number of nitrogens with zero attached hydrogens (tertiary/aromatic N) is 2. The highest BCUT2D eigenvalue weighted by molar-refractivity contribution is 9.10. The summed E-state index contributed by atoms with van der Waals surface area (Å²) in [4.78, 5) is 8.23. The third-order valence-electron chi connectivity index (χ3n) is 1.87. The molecule has 0 aliphatic carbocycles. The molecule has 1 heterocycles. The first kappa shape index (κ1) is 10.6. The van der Waals surface area contributed by atoms with Crippen molar-refractivity contribution in [1.82, 2.24) is 9.97 Å². The van der Waals surface area contributed by atoms with E-state index >= 15 is 0 Å². The first-order valence-corrected chi connectivity index (χ1v) is 6.26. The standard InChI is InChI=1S/C11H9BrN2S/c12-10-4-2-1-3-9(10)8-15-11-7-13-5-6-14-11/h1-7H,8H2. The molecule has 1 aromatic heterocycles. The zero-order valence-corrected chi connectivity index (χ0v) is 10.3. The normalized spacial score (nSPS) is 10.2. The van der Waals surface area contributed by atoms with Crippen LogP contribution < -0.4 is 0 Å². The molecule has 0 saturated heterocycles. The van der Waals surface area contributed by atoms with Crippen LogP contribution >= 0.6 is 27.7 Å². The van der Waals surface area contributed by atoms with Gasteiger partial charge in [-0.3, -0.25) is 4.98 Å². The predicted molar refractivity (Wildman–Crippen MR) is 65.7 cm³/mol. The van der Waals surface area contributed by atoms with Crippen molar-refractivity contribution in [3.63, 3.8) is 0 Å². The van der Waals surface area contributed by atoms with Gasteiger partial charge in [-0.05, 0) is 11.6 Å². The minimum atomic E-state index is 0.903. The van der Waals surface area contributed by atoms with E-state index in [2.05, 4.69) is 32.0 Å². The lowest BCUT2D eigenvalue weighted by molar-refractivity contribution is 1.05. The van der Waals surface area contributed by atoms with E-state index < -0.39 is 0 Å². The molecule has 0 radical (unpaired) electrons. The van der Waals surface area contributed by atoms with Gasteiger partial charge in [0, 0.05) is 22.6 Å². The quantitative estimate of drug-likeness (QED) is 0.805. The van der Waals surface area contributed by atoms with Gasteiger partial charge >= 0.3 is 0 Å². The molecule has 2 aromatic rings. The fourth-order valence-electron chi connectivity index (χ4n) is 1.13. The van der Waals surface area contributed by atoms with E-state index in [1.54, 1.807) is 30.4 Å². The third kappa shape index (κ3) is 3.04. The second kappa shape index (κ2) is 5.28. The summed E-state index contributed by atoms with van der Waals surface area (Å²) in [5.41, 5.74) is 1.27. The summed E-state index contributed by atoms with van der Waals surface area (Å²) in [5, 5.41) is 0.952. The average Bonchev–Trinajstić information content (AvgIpc) is 2.29. The summed E-state index contributed by atoms with van der Waals surface area (Å²) in [6.07, 6.45) is 5.17. The maximum absolute atomic E-state index is 4.21. The summed E-state index contributed by atoms with van der Waals surface area (Å²) < 4.78 is 1.14. The molecule has 0 amide bonds. The minimum Gasteiger partial charge on any atom is -0.260 e. The number of hydrogen-bond donors (Lipinski definition) is 0. The lowest BCUT2D eigenvalue weighted by Gasteiger charge is -2.02. The van der Waals surface area contributed by atoms with Crippen LogP contribution in [-0.2, 0) is 5.75 Å². The van der Waals surface area contributed by atoms with Crippen LogP contribution in [0.25, 0.3) is 0 Å². The maximum atomic E-state index is 4.21. The molecule has 0 bridgehead atoms. The van der Waals surface area contributed by atoms with Gasteiger partial charge in [0.1, 0.15) is 5.03 Å². The lowest BCUT2D eigenvalue weighted by atomic mass is 10.2. The Morgan fingerprint density at radius 3 is 2.80 bits per heavy atom. The van der Waals surface area contributed by atoms with Crippen LogP contribution in [0.4, 0.5) is 0 Å². The number of benzene rings is 1. The molecular formula is C11H9BrN2S. The summed E-state index contributed by atoms with van der Waals surface area (Å²) in [6.45, 7) is 0. The average molecular weight is 281 g/mol. The molecule has 76 valence electrons. The van der Waals surface area contributed by atoms with Crippen molar-refractivity contribution < 1.29 is 0 Å². The summed E-state index contributed by atoms with van der Waals surface area (Å²) in [6, 6.07) is 8.21.